The van der Waals surface area contributed by atoms with E-state index in [2.05, 4.69) is 12.0 Å². The van der Waals surface area contributed by atoms with Crippen LogP contribution in [0.4, 0.5) is 0 Å². The van der Waals surface area contributed by atoms with Crippen LogP contribution in [0.15, 0.2) is 24.3 Å². The van der Waals surface area contributed by atoms with E-state index in [1.54, 1.807) is 19.2 Å². The quantitative estimate of drug-likeness (QED) is 0.659. The number of ether oxygens (including phenoxy) is 1. The highest BCUT2D eigenvalue weighted by Crippen LogP contribution is 2.22. The van der Waals surface area contributed by atoms with E-state index in [9.17, 15) is 4.79 Å². The summed E-state index contributed by atoms with van der Waals surface area (Å²) in [5.41, 5.74) is 3.64. The Morgan fingerprint density at radius 2 is 1.83 bits per heavy atom. The van der Waals surface area contributed by atoms with Gasteiger partial charge >= 0.3 is 0 Å². The summed E-state index contributed by atoms with van der Waals surface area (Å²) >= 11 is 0. The summed E-state index contributed by atoms with van der Waals surface area (Å²) in [5.74, 6) is 0.446. The summed E-state index contributed by atoms with van der Waals surface area (Å²) in [7, 11) is 1.58. The van der Waals surface area contributed by atoms with Gasteiger partial charge in [0.2, 0.25) is 0 Å². The second-order valence-corrected chi connectivity index (χ2v) is 6.23. The smallest absolute Gasteiger partial charge is 0.282 e. The summed E-state index contributed by atoms with van der Waals surface area (Å²) in [5, 5.41) is 4.49. The lowest BCUT2D eigenvalue weighted by molar-refractivity contribution is 0.0939. The number of benzene rings is 1. The SMILES string of the molecule is CCCCCCCc1c(C)nn(C(=O)c2ccccc2OC)c1C. The highest BCUT2D eigenvalue weighted by Gasteiger charge is 2.20. The summed E-state index contributed by atoms with van der Waals surface area (Å²) in [6.45, 7) is 6.19. The molecule has 0 saturated carbocycles. The molecule has 0 atom stereocenters. The zero-order valence-corrected chi connectivity index (χ0v) is 15.3. The molecule has 1 aromatic heterocycles. The van der Waals surface area contributed by atoms with E-state index in [1.807, 2.05) is 26.0 Å². The molecule has 4 nitrogen and oxygen atoms in total. The fourth-order valence-electron chi connectivity index (χ4n) is 3.08. The van der Waals surface area contributed by atoms with Gasteiger partial charge in [0.15, 0.2) is 0 Å². The molecule has 0 unspecified atom stereocenters. The lowest BCUT2D eigenvalue weighted by Crippen LogP contribution is -2.16. The number of rotatable bonds is 8. The fourth-order valence-corrected chi connectivity index (χ4v) is 3.08. The van der Waals surface area contributed by atoms with Crippen molar-refractivity contribution in [1.82, 2.24) is 9.78 Å². The second kappa shape index (κ2) is 8.67. The molecule has 4 heteroatoms. The maximum atomic E-state index is 12.8. The van der Waals surface area contributed by atoms with Gasteiger partial charge in [0.05, 0.1) is 18.4 Å². The van der Waals surface area contributed by atoms with Crippen LogP contribution >= 0.6 is 0 Å². The largest absolute Gasteiger partial charge is 0.496 e. The van der Waals surface area contributed by atoms with E-state index in [4.69, 9.17) is 4.74 Å². The van der Waals surface area contributed by atoms with Gasteiger partial charge < -0.3 is 4.74 Å². The second-order valence-electron chi connectivity index (χ2n) is 6.23. The third-order valence-electron chi connectivity index (χ3n) is 4.50. The first-order chi connectivity index (χ1) is 11.6. The van der Waals surface area contributed by atoms with E-state index in [0.717, 1.165) is 24.2 Å². The van der Waals surface area contributed by atoms with Crippen LogP contribution in [-0.2, 0) is 6.42 Å². The lowest BCUT2D eigenvalue weighted by atomic mass is 10.0. The number of carbonyl (C=O) groups is 1. The standard InChI is InChI=1S/C20H28N2O2/c1-5-6-7-8-9-12-17-15(2)21-22(16(17)3)20(23)18-13-10-11-14-19(18)24-4/h10-11,13-14H,5-9,12H2,1-4H3. The van der Waals surface area contributed by atoms with Gasteiger partial charge in [0.25, 0.3) is 5.91 Å². The highest BCUT2D eigenvalue weighted by atomic mass is 16.5. The number of aryl methyl sites for hydroxylation is 1. The molecule has 24 heavy (non-hydrogen) atoms. The van der Waals surface area contributed by atoms with Gasteiger partial charge in [-0.1, -0.05) is 44.7 Å². The first-order valence-corrected chi connectivity index (χ1v) is 8.83. The molecule has 130 valence electrons. The Kier molecular flexibility index (Phi) is 6.59. The molecule has 0 saturated heterocycles. The van der Waals surface area contributed by atoms with Crippen molar-refractivity contribution in [2.45, 2.75) is 59.3 Å². The maximum absolute atomic E-state index is 12.8. The van der Waals surface area contributed by atoms with Crippen molar-refractivity contribution in [3.8, 4) is 5.75 Å². The van der Waals surface area contributed by atoms with Gasteiger partial charge in [-0.05, 0) is 44.4 Å². The molecule has 0 aliphatic carbocycles. The van der Waals surface area contributed by atoms with E-state index in [-0.39, 0.29) is 5.91 Å². The molecule has 1 aromatic carbocycles. The minimum atomic E-state index is -0.134. The molecule has 1 heterocycles. The normalized spacial score (nSPS) is 10.8. The van der Waals surface area contributed by atoms with Crippen LogP contribution in [0, 0.1) is 13.8 Å². The zero-order chi connectivity index (χ0) is 17.5. The predicted molar refractivity (Wildman–Crippen MR) is 96.9 cm³/mol. The Hall–Kier alpha value is -2.10. The van der Waals surface area contributed by atoms with Crippen molar-refractivity contribution in [3.63, 3.8) is 0 Å². The monoisotopic (exact) mass is 328 g/mol. The molecule has 0 fully saturated rings. The van der Waals surface area contributed by atoms with Gasteiger partial charge in [-0.2, -0.15) is 5.10 Å². The van der Waals surface area contributed by atoms with Crippen LogP contribution in [0.3, 0.4) is 0 Å². The number of aromatic nitrogens is 2. The van der Waals surface area contributed by atoms with Gasteiger partial charge in [0.1, 0.15) is 5.75 Å². The van der Waals surface area contributed by atoms with Crippen LogP contribution < -0.4 is 4.74 Å². The molecule has 2 rings (SSSR count). The molecule has 0 aliphatic heterocycles. The van der Waals surface area contributed by atoms with E-state index in [0.29, 0.717) is 11.3 Å². The van der Waals surface area contributed by atoms with Gasteiger partial charge in [0, 0.05) is 5.69 Å². The summed E-state index contributed by atoms with van der Waals surface area (Å²) in [6, 6.07) is 7.28. The topological polar surface area (TPSA) is 44.1 Å². The first kappa shape index (κ1) is 18.2. The van der Waals surface area contributed by atoms with E-state index >= 15 is 0 Å². The molecule has 0 N–H and O–H groups in total. The van der Waals surface area contributed by atoms with Crippen molar-refractivity contribution >= 4 is 5.91 Å². The molecular formula is C20H28N2O2. The van der Waals surface area contributed by atoms with Crippen molar-refractivity contribution < 1.29 is 9.53 Å². The van der Waals surface area contributed by atoms with Crippen LogP contribution in [0.1, 0.15) is 66.3 Å². The van der Waals surface area contributed by atoms with Crippen molar-refractivity contribution in [1.29, 1.82) is 0 Å². The maximum Gasteiger partial charge on any atom is 0.282 e. The number of unbranched alkanes of at least 4 members (excludes halogenated alkanes) is 4. The van der Waals surface area contributed by atoms with Crippen molar-refractivity contribution in [3.05, 3.63) is 46.8 Å². The molecule has 0 amide bonds. The molecule has 0 aliphatic rings. The van der Waals surface area contributed by atoms with Crippen molar-refractivity contribution in [2.75, 3.05) is 7.11 Å². The molecule has 0 spiro atoms. The first-order valence-electron chi connectivity index (χ1n) is 8.83. The molecule has 2 aromatic rings. The Bertz CT molecular complexity index is 689. The Balaban J connectivity index is 2.17. The Labute approximate surface area is 144 Å². The number of nitrogens with zero attached hydrogens (tertiary/aromatic N) is 2. The average molecular weight is 328 g/mol. The van der Waals surface area contributed by atoms with Gasteiger partial charge in [-0.25, -0.2) is 4.68 Å². The summed E-state index contributed by atoms with van der Waals surface area (Å²) in [4.78, 5) is 12.8. The van der Waals surface area contributed by atoms with Crippen LogP contribution in [0.25, 0.3) is 0 Å². The predicted octanol–water partition coefficient (Wildman–Crippen LogP) is 4.71. The van der Waals surface area contributed by atoms with E-state index < -0.39 is 0 Å². The molecular weight excluding hydrogens is 300 g/mol. The van der Waals surface area contributed by atoms with Gasteiger partial charge in [-0.3, -0.25) is 4.79 Å². The number of methoxy groups -OCH3 is 1. The minimum absolute atomic E-state index is 0.134. The van der Waals surface area contributed by atoms with E-state index in [1.165, 1.54) is 35.9 Å². The molecule has 0 radical (unpaired) electrons. The highest BCUT2D eigenvalue weighted by molar-refractivity contribution is 5.98. The summed E-state index contributed by atoms with van der Waals surface area (Å²) in [6.07, 6.45) is 7.20. The van der Waals surface area contributed by atoms with Crippen LogP contribution in [0.5, 0.6) is 5.75 Å². The van der Waals surface area contributed by atoms with Crippen molar-refractivity contribution in [2.24, 2.45) is 0 Å². The average Bonchev–Trinajstić information content (AvgIpc) is 2.88. The number of hydrogen-bond donors (Lipinski definition) is 0. The zero-order valence-electron chi connectivity index (χ0n) is 15.3. The number of hydrogen-bond acceptors (Lipinski definition) is 3. The van der Waals surface area contributed by atoms with Crippen LogP contribution in [-0.4, -0.2) is 22.8 Å². The lowest BCUT2D eigenvalue weighted by Gasteiger charge is -2.08. The van der Waals surface area contributed by atoms with Crippen LogP contribution in [0.2, 0.25) is 0 Å². The third kappa shape index (κ3) is 4.05. The molecule has 0 bridgehead atoms. The number of carbonyl (C=O) groups excluding carboxylic acids is 1. The van der Waals surface area contributed by atoms with Gasteiger partial charge in [-0.15, -0.1) is 0 Å². The summed E-state index contributed by atoms with van der Waals surface area (Å²) < 4.78 is 6.83. The minimum Gasteiger partial charge on any atom is -0.496 e. The third-order valence-corrected chi connectivity index (χ3v) is 4.50. The Morgan fingerprint density at radius 3 is 2.54 bits per heavy atom. The Morgan fingerprint density at radius 1 is 1.12 bits per heavy atom. The fraction of sp³-hybridized carbons (Fsp3) is 0.500. The number of para-hydroxylation sites is 1.